The molecular weight excluding hydrogens is 514 g/mol. The molecule has 0 aliphatic carbocycles. The number of hydrogen-bond acceptors (Lipinski definition) is 4. The van der Waals surface area contributed by atoms with Crippen molar-refractivity contribution in [3.8, 4) is 0 Å². The van der Waals surface area contributed by atoms with Crippen molar-refractivity contribution >= 4 is 35.2 Å². The average Bonchev–Trinajstić information content (AvgIpc) is 2.81. The zero-order valence-electron chi connectivity index (χ0n) is 24.6. The van der Waals surface area contributed by atoms with Crippen LogP contribution in [0.1, 0.15) is 83.5 Å². The number of anilines is 1. The molecule has 8 heteroatoms. The van der Waals surface area contributed by atoms with E-state index in [1.54, 1.807) is 31.7 Å². The summed E-state index contributed by atoms with van der Waals surface area (Å²) in [4.78, 5) is 42.6. The van der Waals surface area contributed by atoms with Gasteiger partial charge in [-0.25, -0.2) is 4.79 Å². The quantitative estimate of drug-likeness (QED) is 0.305. The lowest BCUT2D eigenvalue weighted by molar-refractivity contribution is -0.141. The van der Waals surface area contributed by atoms with Crippen molar-refractivity contribution < 1.29 is 19.1 Å². The zero-order valence-corrected chi connectivity index (χ0v) is 25.3. The molecule has 214 valence electrons. The van der Waals surface area contributed by atoms with E-state index in [1.807, 2.05) is 71.0 Å². The van der Waals surface area contributed by atoms with Gasteiger partial charge in [0.25, 0.3) is 5.91 Å². The third-order valence-electron chi connectivity index (χ3n) is 6.12. The molecule has 2 rings (SSSR count). The zero-order chi connectivity index (χ0) is 29.3. The number of nitrogens with one attached hydrogen (secondary N) is 2. The molecule has 0 spiro atoms. The topological polar surface area (TPSA) is 87.7 Å². The highest BCUT2D eigenvalue weighted by molar-refractivity contribution is 6.34. The summed E-state index contributed by atoms with van der Waals surface area (Å²) < 4.78 is 5.46. The summed E-state index contributed by atoms with van der Waals surface area (Å²) in [5.74, 6) is -0.596. The van der Waals surface area contributed by atoms with E-state index in [9.17, 15) is 14.4 Å². The van der Waals surface area contributed by atoms with Gasteiger partial charge in [0.15, 0.2) is 0 Å². The monoisotopic (exact) mass is 557 g/mol. The van der Waals surface area contributed by atoms with Crippen LogP contribution in [0, 0.1) is 19.8 Å². The molecule has 0 aliphatic heterocycles. The number of alkyl carbamates (subject to hydrolysis) is 1. The van der Waals surface area contributed by atoms with Crippen LogP contribution in [-0.4, -0.2) is 41.0 Å². The lowest BCUT2D eigenvalue weighted by Crippen LogP contribution is -2.53. The Morgan fingerprint density at radius 3 is 2.28 bits per heavy atom. The summed E-state index contributed by atoms with van der Waals surface area (Å²) in [6.07, 6.45) is 1.24. The van der Waals surface area contributed by atoms with Gasteiger partial charge in [-0.2, -0.15) is 0 Å². The van der Waals surface area contributed by atoms with Gasteiger partial charge in [0.05, 0.1) is 10.7 Å². The van der Waals surface area contributed by atoms with Crippen molar-refractivity contribution in [2.45, 2.75) is 92.3 Å². The molecular formula is C31H44ClN3O4. The standard InChI is InChI=1S/C31H44ClN3O4/c1-9-10-17-35(29(37)25(18-20(2)3)33-30(38)39-31(6,7)8)27(23-15-11-13-21(4)19-23)28(36)34-26-22(5)14-12-16-24(26)32/h11-16,19-20,25,27H,9-10,17-18H2,1-8H3,(H,33,38)(H,34,36). The van der Waals surface area contributed by atoms with E-state index in [-0.39, 0.29) is 17.7 Å². The number of hydrogen-bond donors (Lipinski definition) is 2. The number of benzene rings is 2. The minimum atomic E-state index is -0.935. The molecule has 2 N–H and O–H groups in total. The Labute approximate surface area is 238 Å². The maximum absolute atomic E-state index is 14.2. The summed E-state index contributed by atoms with van der Waals surface area (Å²) in [7, 11) is 0. The van der Waals surface area contributed by atoms with Gasteiger partial charge in [0.2, 0.25) is 5.91 Å². The molecule has 7 nitrogen and oxygen atoms in total. The largest absolute Gasteiger partial charge is 0.444 e. The van der Waals surface area contributed by atoms with Gasteiger partial charge in [0.1, 0.15) is 17.7 Å². The molecule has 0 bridgehead atoms. The maximum Gasteiger partial charge on any atom is 0.408 e. The minimum Gasteiger partial charge on any atom is -0.444 e. The minimum absolute atomic E-state index is 0.110. The molecule has 0 aliphatic rings. The summed E-state index contributed by atoms with van der Waals surface area (Å²) in [6.45, 7) is 15.5. The first-order valence-electron chi connectivity index (χ1n) is 13.7. The first-order valence-corrected chi connectivity index (χ1v) is 14.0. The number of carbonyl (C=O) groups excluding carboxylic acids is 3. The molecule has 2 unspecified atom stereocenters. The summed E-state index contributed by atoms with van der Waals surface area (Å²) in [5, 5.41) is 6.18. The smallest absolute Gasteiger partial charge is 0.408 e. The fraction of sp³-hybridized carbons (Fsp3) is 0.516. The van der Waals surface area contributed by atoms with E-state index in [4.69, 9.17) is 16.3 Å². The second-order valence-corrected chi connectivity index (χ2v) is 11.9. The van der Waals surface area contributed by atoms with Crippen LogP contribution in [0.4, 0.5) is 10.5 Å². The second-order valence-electron chi connectivity index (χ2n) is 11.5. The van der Waals surface area contributed by atoms with E-state index < -0.39 is 23.8 Å². The van der Waals surface area contributed by atoms with E-state index >= 15 is 0 Å². The molecule has 2 aromatic rings. The number of ether oxygens (including phenoxy) is 1. The first kappa shape index (κ1) is 32.2. The van der Waals surface area contributed by atoms with Gasteiger partial charge < -0.3 is 20.3 Å². The van der Waals surface area contributed by atoms with Crippen molar-refractivity contribution in [2.75, 3.05) is 11.9 Å². The maximum atomic E-state index is 14.2. The van der Waals surface area contributed by atoms with Gasteiger partial charge in [-0.05, 0) is 70.6 Å². The lowest BCUT2D eigenvalue weighted by atomic mass is 9.98. The Hall–Kier alpha value is -3.06. The Bertz CT molecular complexity index is 1120. The second kappa shape index (κ2) is 14.4. The van der Waals surface area contributed by atoms with Crippen molar-refractivity contribution in [3.63, 3.8) is 0 Å². The number of nitrogens with zero attached hydrogens (tertiary/aromatic N) is 1. The highest BCUT2D eigenvalue weighted by atomic mass is 35.5. The van der Waals surface area contributed by atoms with E-state index in [0.29, 0.717) is 35.7 Å². The highest BCUT2D eigenvalue weighted by Gasteiger charge is 2.36. The van der Waals surface area contributed by atoms with Gasteiger partial charge in [-0.3, -0.25) is 9.59 Å². The van der Waals surface area contributed by atoms with Crippen molar-refractivity contribution in [3.05, 3.63) is 64.2 Å². The predicted octanol–water partition coefficient (Wildman–Crippen LogP) is 7.20. The van der Waals surface area contributed by atoms with Crippen LogP contribution in [0.25, 0.3) is 0 Å². The van der Waals surface area contributed by atoms with Crippen LogP contribution in [0.5, 0.6) is 0 Å². The molecule has 0 saturated carbocycles. The normalized spacial score (nSPS) is 13.0. The number of aryl methyl sites for hydroxylation is 2. The number of amides is 3. The van der Waals surface area contributed by atoms with Gasteiger partial charge in [-0.1, -0.05) is 80.8 Å². The van der Waals surface area contributed by atoms with E-state index in [1.165, 1.54) is 0 Å². The summed E-state index contributed by atoms with van der Waals surface area (Å²) in [6, 6.07) is 11.2. The molecule has 0 fully saturated rings. The molecule has 3 amide bonds. The van der Waals surface area contributed by atoms with Crippen LogP contribution in [-0.2, 0) is 14.3 Å². The fourth-order valence-electron chi connectivity index (χ4n) is 4.33. The van der Waals surface area contributed by atoms with Crippen molar-refractivity contribution in [1.82, 2.24) is 10.2 Å². The molecule has 2 aromatic carbocycles. The van der Waals surface area contributed by atoms with Gasteiger partial charge in [0, 0.05) is 6.54 Å². The van der Waals surface area contributed by atoms with Crippen LogP contribution in [0.15, 0.2) is 42.5 Å². The van der Waals surface area contributed by atoms with Crippen molar-refractivity contribution in [2.24, 2.45) is 5.92 Å². The molecule has 0 aromatic heterocycles. The number of unbranched alkanes of at least 4 members (excludes halogenated alkanes) is 1. The van der Waals surface area contributed by atoms with E-state index in [0.717, 1.165) is 17.5 Å². The molecule has 2 atom stereocenters. The lowest BCUT2D eigenvalue weighted by Gasteiger charge is -2.35. The first-order chi connectivity index (χ1) is 18.2. The van der Waals surface area contributed by atoms with Gasteiger partial charge >= 0.3 is 6.09 Å². The Morgan fingerprint density at radius 2 is 1.72 bits per heavy atom. The molecule has 0 heterocycles. The third-order valence-corrected chi connectivity index (χ3v) is 6.43. The van der Waals surface area contributed by atoms with Gasteiger partial charge in [-0.15, -0.1) is 0 Å². The number of carbonyl (C=O) groups is 3. The Balaban J connectivity index is 2.57. The molecule has 0 radical (unpaired) electrons. The number of rotatable bonds is 11. The summed E-state index contributed by atoms with van der Waals surface area (Å²) in [5.41, 5.74) is 2.26. The third kappa shape index (κ3) is 9.88. The predicted molar refractivity (Wildman–Crippen MR) is 158 cm³/mol. The fourth-order valence-corrected chi connectivity index (χ4v) is 4.60. The summed E-state index contributed by atoms with van der Waals surface area (Å²) >= 11 is 6.44. The number of para-hydroxylation sites is 1. The van der Waals surface area contributed by atoms with E-state index in [2.05, 4.69) is 10.6 Å². The van der Waals surface area contributed by atoms with Crippen LogP contribution in [0.3, 0.4) is 0 Å². The Morgan fingerprint density at radius 1 is 1.05 bits per heavy atom. The molecule has 39 heavy (non-hydrogen) atoms. The molecule has 0 saturated heterocycles. The van der Waals surface area contributed by atoms with Crippen LogP contribution >= 0.6 is 11.6 Å². The van der Waals surface area contributed by atoms with Crippen molar-refractivity contribution in [1.29, 1.82) is 0 Å². The Kier molecular flexibility index (Phi) is 11.8. The highest BCUT2D eigenvalue weighted by Crippen LogP contribution is 2.30. The SMILES string of the molecule is CCCCN(C(=O)C(CC(C)C)NC(=O)OC(C)(C)C)C(C(=O)Nc1c(C)cccc1Cl)c1cccc(C)c1. The average molecular weight is 558 g/mol. The van der Waals surface area contributed by atoms with Crippen LogP contribution in [0.2, 0.25) is 5.02 Å². The van der Waals surface area contributed by atoms with Crippen LogP contribution < -0.4 is 10.6 Å². The number of halogens is 1.